The zero-order valence-electron chi connectivity index (χ0n) is 8.91. The van der Waals surface area contributed by atoms with E-state index in [1.165, 1.54) is 4.88 Å². The van der Waals surface area contributed by atoms with Crippen LogP contribution in [-0.4, -0.2) is 22.4 Å². The van der Waals surface area contributed by atoms with Crippen LogP contribution in [0.1, 0.15) is 18.7 Å². The van der Waals surface area contributed by atoms with E-state index in [-0.39, 0.29) is 12.1 Å². The van der Waals surface area contributed by atoms with Crippen LogP contribution in [0.5, 0.6) is 0 Å². The fourth-order valence-corrected chi connectivity index (χ4v) is 1.96. The maximum absolute atomic E-state index is 9.05. The van der Waals surface area contributed by atoms with Crippen LogP contribution < -0.4 is 10.6 Å². The van der Waals surface area contributed by atoms with Gasteiger partial charge in [-0.3, -0.25) is 0 Å². The lowest BCUT2D eigenvalue weighted by molar-refractivity contribution is 0.206. The standard InChI is InChI=1S/C10H16N2OS2/c1-10(2,7-13)12-9(14)11-6-8-4-3-5-15-8/h3-5,13H,6-7H2,1-2H3,(H2,11,12,14). The van der Waals surface area contributed by atoms with Crippen LogP contribution in [0.2, 0.25) is 0 Å². The normalized spacial score (nSPS) is 11.1. The van der Waals surface area contributed by atoms with Crippen molar-refractivity contribution in [2.75, 3.05) is 6.61 Å². The van der Waals surface area contributed by atoms with Gasteiger partial charge in [-0.2, -0.15) is 0 Å². The molecule has 0 spiro atoms. The molecule has 0 unspecified atom stereocenters. The summed E-state index contributed by atoms with van der Waals surface area (Å²) in [6, 6.07) is 4.06. The van der Waals surface area contributed by atoms with Crippen LogP contribution in [0.15, 0.2) is 17.5 Å². The molecule has 0 bridgehead atoms. The molecule has 0 amide bonds. The van der Waals surface area contributed by atoms with E-state index in [2.05, 4.69) is 16.7 Å². The third kappa shape index (κ3) is 4.59. The number of rotatable bonds is 4. The first-order chi connectivity index (χ1) is 7.03. The van der Waals surface area contributed by atoms with Crippen molar-refractivity contribution in [3.05, 3.63) is 22.4 Å². The second-order valence-corrected chi connectivity index (χ2v) is 5.37. The summed E-state index contributed by atoms with van der Waals surface area (Å²) < 4.78 is 0. The van der Waals surface area contributed by atoms with E-state index in [0.717, 1.165) is 6.54 Å². The zero-order valence-corrected chi connectivity index (χ0v) is 10.5. The quantitative estimate of drug-likeness (QED) is 0.702. The van der Waals surface area contributed by atoms with Gasteiger partial charge in [0.15, 0.2) is 5.11 Å². The van der Waals surface area contributed by atoms with Crippen LogP contribution in [0.3, 0.4) is 0 Å². The molecule has 0 aliphatic carbocycles. The van der Waals surface area contributed by atoms with Crippen molar-refractivity contribution in [3.63, 3.8) is 0 Å². The highest BCUT2D eigenvalue weighted by atomic mass is 32.1. The zero-order chi connectivity index (χ0) is 11.3. The molecule has 0 saturated carbocycles. The molecule has 3 nitrogen and oxygen atoms in total. The SMILES string of the molecule is CC(C)(CO)NC(=S)NCc1cccs1. The van der Waals surface area contributed by atoms with Crippen molar-refractivity contribution in [1.29, 1.82) is 0 Å². The van der Waals surface area contributed by atoms with Crippen LogP contribution in [0.4, 0.5) is 0 Å². The summed E-state index contributed by atoms with van der Waals surface area (Å²) >= 11 is 6.80. The van der Waals surface area contributed by atoms with Crippen LogP contribution in [0, 0.1) is 0 Å². The van der Waals surface area contributed by atoms with Gasteiger partial charge in [0, 0.05) is 4.88 Å². The number of thiophene rings is 1. The molecule has 0 fully saturated rings. The highest BCUT2D eigenvalue weighted by molar-refractivity contribution is 7.80. The van der Waals surface area contributed by atoms with Gasteiger partial charge in [-0.1, -0.05) is 6.07 Å². The Labute approximate surface area is 99.5 Å². The van der Waals surface area contributed by atoms with Gasteiger partial charge in [0.05, 0.1) is 18.7 Å². The molecule has 1 heterocycles. The van der Waals surface area contributed by atoms with Crippen molar-refractivity contribution in [2.45, 2.75) is 25.9 Å². The van der Waals surface area contributed by atoms with Gasteiger partial charge >= 0.3 is 0 Å². The van der Waals surface area contributed by atoms with Crippen molar-refractivity contribution in [2.24, 2.45) is 0 Å². The van der Waals surface area contributed by atoms with E-state index in [9.17, 15) is 0 Å². The Balaban J connectivity index is 2.31. The second kappa shape index (κ2) is 5.44. The van der Waals surface area contributed by atoms with Crippen molar-refractivity contribution in [1.82, 2.24) is 10.6 Å². The summed E-state index contributed by atoms with van der Waals surface area (Å²) in [6.07, 6.45) is 0. The van der Waals surface area contributed by atoms with Crippen molar-refractivity contribution in [3.8, 4) is 0 Å². The van der Waals surface area contributed by atoms with E-state index in [4.69, 9.17) is 17.3 Å². The fourth-order valence-electron chi connectivity index (χ4n) is 0.972. The molecule has 3 N–H and O–H groups in total. The highest BCUT2D eigenvalue weighted by Crippen LogP contribution is 2.07. The van der Waals surface area contributed by atoms with Gasteiger partial charge in [-0.05, 0) is 37.5 Å². The Kier molecular flexibility index (Phi) is 4.50. The summed E-state index contributed by atoms with van der Waals surface area (Å²) in [6.45, 7) is 4.57. The minimum atomic E-state index is -0.375. The third-order valence-corrected chi connectivity index (χ3v) is 2.97. The molecule has 0 aromatic carbocycles. The molecule has 15 heavy (non-hydrogen) atoms. The van der Waals surface area contributed by atoms with E-state index in [1.54, 1.807) is 11.3 Å². The van der Waals surface area contributed by atoms with E-state index >= 15 is 0 Å². The summed E-state index contributed by atoms with van der Waals surface area (Å²) in [5.41, 5.74) is -0.375. The first-order valence-corrected chi connectivity index (χ1v) is 6.01. The van der Waals surface area contributed by atoms with E-state index in [0.29, 0.717) is 5.11 Å². The first kappa shape index (κ1) is 12.4. The Morgan fingerprint density at radius 1 is 1.60 bits per heavy atom. The average molecular weight is 244 g/mol. The molecular weight excluding hydrogens is 228 g/mol. The van der Waals surface area contributed by atoms with Gasteiger partial charge in [0.2, 0.25) is 0 Å². The minimum Gasteiger partial charge on any atom is -0.394 e. The predicted octanol–water partition coefficient (Wildman–Crippen LogP) is 1.48. The van der Waals surface area contributed by atoms with E-state index in [1.807, 2.05) is 25.3 Å². The molecular formula is C10H16N2OS2. The fraction of sp³-hybridized carbons (Fsp3) is 0.500. The molecule has 0 aliphatic heterocycles. The van der Waals surface area contributed by atoms with Crippen LogP contribution in [0.25, 0.3) is 0 Å². The summed E-state index contributed by atoms with van der Waals surface area (Å²) in [7, 11) is 0. The average Bonchev–Trinajstić information content (AvgIpc) is 2.66. The molecule has 1 aromatic heterocycles. The molecule has 0 aliphatic rings. The molecule has 0 radical (unpaired) electrons. The molecule has 1 aromatic rings. The van der Waals surface area contributed by atoms with E-state index < -0.39 is 0 Å². The van der Waals surface area contributed by atoms with Crippen molar-refractivity contribution < 1.29 is 5.11 Å². The first-order valence-electron chi connectivity index (χ1n) is 4.73. The second-order valence-electron chi connectivity index (χ2n) is 3.93. The van der Waals surface area contributed by atoms with Gasteiger partial charge in [-0.25, -0.2) is 0 Å². The van der Waals surface area contributed by atoms with Crippen molar-refractivity contribution >= 4 is 28.7 Å². The Morgan fingerprint density at radius 2 is 2.33 bits per heavy atom. The minimum absolute atomic E-state index is 0.0494. The number of hydrogen-bond acceptors (Lipinski definition) is 3. The maximum Gasteiger partial charge on any atom is 0.167 e. The van der Waals surface area contributed by atoms with Gasteiger partial charge in [-0.15, -0.1) is 11.3 Å². The highest BCUT2D eigenvalue weighted by Gasteiger charge is 2.16. The molecule has 84 valence electrons. The van der Waals surface area contributed by atoms with Gasteiger partial charge in [0.1, 0.15) is 0 Å². The maximum atomic E-state index is 9.05. The third-order valence-electron chi connectivity index (χ3n) is 1.85. The number of nitrogens with one attached hydrogen (secondary N) is 2. The monoisotopic (exact) mass is 244 g/mol. The Bertz CT molecular complexity index is 309. The molecule has 0 atom stereocenters. The number of aliphatic hydroxyl groups excluding tert-OH is 1. The predicted molar refractivity (Wildman–Crippen MR) is 68.1 cm³/mol. The number of aliphatic hydroxyl groups is 1. The Morgan fingerprint density at radius 3 is 2.87 bits per heavy atom. The lowest BCUT2D eigenvalue weighted by Gasteiger charge is -2.25. The molecule has 1 rings (SSSR count). The molecule has 5 heteroatoms. The summed E-state index contributed by atoms with van der Waals surface area (Å²) in [5.74, 6) is 0. The lowest BCUT2D eigenvalue weighted by atomic mass is 10.1. The van der Waals surface area contributed by atoms with Gasteiger partial charge in [0.25, 0.3) is 0 Å². The topological polar surface area (TPSA) is 44.3 Å². The number of thiocarbonyl (C=S) groups is 1. The largest absolute Gasteiger partial charge is 0.394 e. The molecule has 0 saturated heterocycles. The Hall–Kier alpha value is -0.650. The van der Waals surface area contributed by atoms with Gasteiger partial charge < -0.3 is 15.7 Å². The lowest BCUT2D eigenvalue weighted by Crippen LogP contribution is -2.50. The summed E-state index contributed by atoms with van der Waals surface area (Å²) in [4.78, 5) is 1.24. The summed E-state index contributed by atoms with van der Waals surface area (Å²) in [5, 5.41) is 17.8. The smallest absolute Gasteiger partial charge is 0.167 e. The van der Waals surface area contributed by atoms with Crippen LogP contribution in [-0.2, 0) is 6.54 Å². The number of hydrogen-bond donors (Lipinski definition) is 3. The van der Waals surface area contributed by atoms with Crippen LogP contribution >= 0.6 is 23.6 Å².